The summed E-state index contributed by atoms with van der Waals surface area (Å²) >= 11 is 0. The summed E-state index contributed by atoms with van der Waals surface area (Å²) in [5.74, 6) is -13.9. The van der Waals surface area contributed by atoms with Gasteiger partial charge in [0.15, 0.2) is 0 Å². The fourth-order valence-corrected chi connectivity index (χ4v) is 0.495. The first-order valence-electron chi connectivity index (χ1n) is 3.39. The third-order valence-electron chi connectivity index (χ3n) is 1.22. The van der Waals surface area contributed by atoms with Crippen LogP contribution in [0.15, 0.2) is 0 Å². The molecule has 0 spiro atoms. The van der Waals surface area contributed by atoms with Crippen molar-refractivity contribution < 1.29 is 35.9 Å². The van der Waals surface area contributed by atoms with Crippen LogP contribution in [0.1, 0.15) is 6.92 Å². The van der Waals surface area contributed by atoms with Gasteiger partial charge < -0.3 is 4.74 Å². The summed E-state index contributed by atoms with van der Waals surface area (Å²) in [6.45, 7) is 0.474. The zero-order valence-electron chi connectivity index (χ0n) is 6.87. The third kappa shape index (κ3) is 2.10. The first-order valence-corrected chi connectivity index (χ1v) is 3.39. The molecule has 0 unspecified atom stereocenters. The fraction of sp³-hybridized carbons (Fsp3) is 0.833. The fourth-order valence-electron chi connectivity index (χ4n) is 0.495. The molecule has 0 aromatic rings. The van der Waals surface area contributed by atoms with E-state index in [1.54, 1.807) is 0 Å². The number of rotatable bonds is 4. The summed E-state index contributed by atoms with van der Waals surface area (Å²) in [6.07, 6.45) is -4.64. The summed E-state index contributed by atoms with van der Waals surface area (Å²) in [7, 11) is 0. The van der Waals surface area contributed by atoms with Gasteiger partial charge in [-0.3, -0.25) is 0 Å². The largest absolute Gasteiger partial charge is 0.461 e. The molecule has 0 N–H and O–H groups in total. The highest BCUT2D eigenvalue weighted by Crippen LogP contribution is 2.39. The lowest BCUT2D eigenvalue weighted by Crippen LogP contribution is -2.52. The number of esters is 1. The molecule has 0 atom stereocenters. The van der Waals surface area contributed by atoms with Gasteiger partial charge in [0, 0.05) is 0 Å². The van der Waals surface area contributed by atoms with Gasteiger partial charge in [-0.1, -0.05) is 0 Å². The molecule has 0 rings (SSSR count). The van der Waals surface area contributed by atoms with Crippen molar-refractivity contribution in [2.24, 2.45) is 0 Å². The Morgan fingerprint density at radius 3 is 2.00 bits per heavy atom. The summed E-state index contributed by atoms with van der Waals surface area (Å²) < 4.78 is 75.3. The van der Waals surface area contributed by atoms with E-state index in [1.165, 1.54) is 0 Å². The first-order chi connectivity index (χ1) is 6.17. The molecule has 0 aliphatic heterocycles. The molecule has 2 nitrogen and oxygen atoms in total. The van der Waals surface area contributed by atoms with Crippen molar-refractivity contribution in [1.82, 2.24) is 0 Å². The second-order valence-electron chi connectivity index (χ2n) is 2.22. The van der Waals surface area contributed by atoms with E-state index in [0.717, 1.165) is 6.92 Å². The molecule has 0 saturated heterocycles. The lowest BCUT2D eigenvalue weighted by Gasteiger charge is -2.23. The average molecular weight is 224 g/mol. The zero-order valence-corrected chi connectivity index (χ0v) is 6.87. The van der Waals surface area contributed by atoms with Gasteiger partial charge in [0.05, 0.1) is 6.61 Å². The van der Waals surface area contributed by atoms with Crippen molar-refractivity contribution in [3.63, 3.8) is 0 Å². The molecule has 0 fully saturated rings. The summed E-state index contributed by atoms with van der Waals surface area (Å²) in [5, 5.41) is 0. The first kappa shape index (κ1) is 13.0. The monoisotopic (exact) mass is 224 g/mol. The Labute approximate surface area is 74.8 Å². The van der Waals surface area contributed by atoms with E-state index >= 15 is 0 Å². The normalized spacial score (nSPS) is 13.1. The SMILES string of the molecule is CCOC(=O)C(F)(F)C(F)(F)C(F)F. The van der Waals surface area contributed by atoms with Crippen LogP contribution in [-0.2, 0) is 9.53 Å². The highest BCUT2D eigenvalue weighted by Gasteiger charge is 2.68. The van der Waals surface area contributed by atoms with Crippen molar-refractivity contribution in [1.29, 1.82) is 0 Å². The molecule has 0 aliphatic carbocycles. The van der Waals surface area contributed by atoms with E-state index in [0.29, 0.717) is 0 Å². The Balaban J connectivity index is 4.84. The second-order valence-corrected chi connectivity index (χ2v) is 2.22. The molecule has 8 heteroatoms. The van der Waals surface area contributed by atoms with Gasteiger partial charge in [-0.05, 0) is 6.92 Å². The Morgan fingerprint density at radius 1 is 1.29 bits per heavy atom. The van der Waals surface area contributed by atoms with Crippen molar-refractivity contribution >= 4 is 5.97 Å². The Bertz CT molecular complexity index is 214. The minimum absolute atomic E-state index is 0.603. The van der Waals surface area contributed by atoms with Gasteiger partial charge in [-0.15, -0.1) is 0 Å². The molecule has 0 aromatic heterocycles. The standard InChI is InChI=1S/C6H6F6O2/c1-2-14-4(13)6(11,12)5(9,10)3(7)8/h3H,2H2,1H3. The van der Waals surface area contributed by atoms with Crippen molar-refractivity contribution in [3.05, 3.63) is 0 Å². The van der Waals surface area contributed by atoms with Crippen LogP contribution < -0.4 is 0 Å². The van der Waals surface area contributed by atoms with Gasteiger partial charge in [0.25, 0.3) is 0 Å². The van der Waals surface area contributed by atoms with Gasteiger partial charge >= 0.3 is 24.2 Å². The highest BCUT2D eigenvalue weighted by atomic mass is 19.3. The topological polar surface area (TPSA) is 26.3 Å². The van der Waals surface area contributed by atoms with Crippen LogP contribution in [0.25, 0.3) is 0 Å². The molecule has 84 valence electrons. The number of alkyl halides is 6. The summed E-state index contributed by atoms with van der Waals surface area (Å²) in [6, 6.07) is 0. The molecule has 0 heterocycles. The maximum absolute atomic E-state index is 12.3. The van der Waals surface area contributed by atoms with Crippen molar-refractivity contribution in [3.8, 4) is 0 Å². The minimum Gasteiger partial charge on any atom is -0.461 e. The number of carbonyl (C=O) groups is 1. The van der Waals surface area contributed by atoms with Crippen LogP contribution in [0, 0.1) is 0 Å². The summed E-state index contributed by atoms with van der Waals surface area (Å²) in [4.78, 5) is 10.2. The average Bonchev–Trinajstić information content (AvgIpc) is 2.04. The molecule has 0 bridgehead atoms. The maximum Gasteiger partial charge on any atom is 0.410 e. The highest BCUT2D eigenvalue weighted by molar-refractivity contribution is 5.79. The van der Waals surface area contributed by atoms with E-state index in [1.807, 2.05) is 0 Å². The van der Waals surface area contributed by atoms with Crippen LogP contribution in [-0.4, -0.2) is 30.8 Å². The van der Waals surface area contributed by atoms with E-state index < -0.39 is 30.8 Å². The molecular formula is C6H6F6O2. The van der Waals surface area contributed by atoms with Crippen LogP contribution in [0.2, 0.25) is 0 Å². The smallest absolute Gasteiger partial charge is 0.410 e. The number of hydrogen-bond acceptors (Lipinski definition) is 2. The zero-order chi connectivity index (χ0) is 11.6. The van der Waals surface area contributed by atoms with Gasteiger partial charge in [0.1, 0.15) is 0 Å². The van der Waals surface area contributed by atoms with Gasteiger partial charge in [-0.2, -0.15) is 17.6 Å². The van der Waals surface area contributed by atoms with E-state index in [9.17, 15) is 31.1 Å². The number of ether oxygens (including phenoxy) is 1. The van der Waals surface area contributed by atoms with Crippen molar-refractivity contribution in [2.45, 2.75) is 25.2 Å². The second kappa shape index (κ2) is 4.05. The van der Waals surface area contributed by atoms with Gasteiger partial charge in [-0.25, -0.2) is 13.6 Å². The molecule has 0 radical (unpaired) electrons. The molecule has 0 saturated carbocycles. The minimum atomic E-state index is -5.72. The Kier molecular flexibility index (Phi) is 3.78. The number of halogens is 6. The van der Waals surface area contributed by atoms with Crippen LogP contribution in [0.4, 0.5) is 26.3 Å². The Hall–Kier alpha value is -0.950. The van der Waals surface area contributed by atoms with E-state index in [2.05, 4.69) is 4.74 Å². The van der Waals surface area contributed by atoms with Crippen LogP contribution in [0.3, 0.4) is 0 Å². The third-order valence-corrected chi connectivity index (χ3v) is 1.22. The number of carbonyl (C=O) groups excluding carboxylic acids is 1. The molecule has 14 heavy (non-hydrogen) atoms. The van der Waals surface area contributed by atoms with Crippen LogP contribution in [0.5, 0.6) is 0 Å². The van der Waals surface area contributed by atoms with Crippen molar-refractivity contribution in [2.75, 3.05) is 6.61 Å². The maximum atomic E-state index is 12.3. The molecular weight excluding hydrogens is 218 g/mol. The lowest BCUT2D eigenvalue weighted by molar-refractivity contribution is -0.265. The quantitative estimate of drug-likeness (QED) is 0.539. The predicted molar refractivity (Wildman–Crippen MR) is 32.5 cm³/mol. The number of hydrogen-bond donors (Lipinski definition) is 0. The molecule has 0 amide bonds. The van der Waals surface area contributed by atoms with E-state index in [-0.39, 0.29) is 0 Å². The molecule has 0 aliphatic rings. The van der Waals surface area contributed by atoms with Crippen LogP contribution >= 0.6 is 0 Å². The lowest BCUT2D eigenvalue weighted by atomic mass is 10.2. The molecule has 0 aromatic carbocycles. The summed E-state index contributed by atoms with van der Waals surface area (Å²) in [5.41, 5.74) is 0. The van der Waals surface area contributed by atoms with E-state index in [4.69, 9.17) is 0 Å². The van der Waals surface area contributed by atoms with Gasteiger partial charge in [0.2, 0.25) is 0 Å². The Morgan fingerprint density at radius 2 is 1.71 bits per heavy atom. The predicted octanol–water partition coefficient (Wildman–Crippen LogP) is 2.09.